The van der Waals surface area contributed by atoms with Crippen LogP contribution >= 0.6 is 0 Å². The number of hydrogen-bond donors (Lipinski definition) is 1. The zero-order valence-electron chi connectivity index (χ0n) is 14.7. The quantitative estimate of drug-likeness (QED) is 0.889. The van der Waals surface area contributed by atoms with Gasteiger partial charge in [0.1, 0.15) is 18.1 Å². The first kappa shape index (κ1) is 17.8. The standard InChI is InChI=1S/C19H23NO4S/c1-13(2)14-4-7-18(8-5-14)25(21,22)20-16-10-15-11-17(23-3)6-9-19(15)24-12-16/h4-9,11,13,16,20H,10,12H2,1-3H3. The van der Waals surface area contributed by atoms with Crippen molar-refractivity contribution in [2.45, 2.75) is 37.1 Å². The molecule has 2 aromatic rings. The van der Waals surface area contributed by atoms with Gasteiger partial charge in [-0.15, -0.1) is 0 Å². The molecular formula is C19H23NO4S. The van der Waals surface area contributed by atoms with E-state index in [9.17, 15) is 8.42 Å². The molecule has 0 saturated carbocycles. The molecule has 1 heterocycles. The van der Waals surface area contributed by atoms with Crippen molar-refractivity contribution in [3.05, 3.63) is 53.6 Å². The lowest BCUT2D eigenvalue weighted by molar-refractivity contribution is 0.253. The number of hydrogen-bond acceptors (Lipinski definition) is 4. The van der Waals surface area contributed by atoms with Gasteiger partial charge in [0.25, 0.3) is 0 Å². The van der Waals surface area contributed by atoms with Gasteiger partial charge in [-0.25, -0.2) is 13.1 Å². The fourth-order valence-corrected chi connectivity index (χ4v) is 4.11. The first-order valence-electron chi connectivity index (χ1n) is 8.31. The first-order chi connectivity index (χ1) is 11.9. The molecule has 1 aliphatic heterocycles. The van der Waals surface area contributed by atoms with Gasteiger partial charge in [-0.2, -0.15) is 0 Å². The molecular weight excluding hydrogens is 338 g/mol. The highest BCUT2D eigenvalue weighted by Crippen LogP contribution is 2.29. The minimum Gasteiger partial charge on any atom is -0.497 e. The van der Waals surface area contributed by atoms with Crippen molar-refractivity contribution in [1.29, 1.82) is 0 Å². The normalized spacial score (nSPS) is 17.0. The van der Waals surface area contributed by atoms with Crippen molar-refractivity contribution >= 4 is 10.0 Å². The molecule has 134 valence electrons. The maximum absolute atomic E-state index is 12.6. The summed E-state index contributed by atoms with van der Waals surface area (Å²) in [6.45, 7) is 4.46. The summed E-state index contributed by atoms with van der Waals surface area (Å²) in [4.78, 5) is 0.272. The van der Waals surface area contributed by atoms with Crippen LogP contribution in [0.2, 0.25) is 0 Å². The summed E-state index contributed by atoms with van der Waals surface area (Å²) >= 11 is 0. The maximum Gasteiger partial charge on any atom is 0.240 e. The van der Waals surface area contributed by atoms with Gasteiger partial charge in [0.05, 0.1) is 18.0 Å². The molecule has 3 rings (SSSR count). The molecule has 0 spiro atoms. The molecule has 6 heteroatoms. The number of methoxy groups -OCH3 is 1. The van der Waals surface area contributed by atoms with Gasteiger partial charge in [0.15, 0.2) is 0 Å². The van der Waals surface area contributed by atoms with Crippen molar-refractivity contribution in [1.82, 2.24) is 4.72 Å². The van der Waals surface area contributed by atoms with Crippen LogP contribution in [0.4, 0.5) is 0 Å². The average Bonchev–Trinajstić information content (AvgIpc) is 2.60. The van der Waals surface area contributed by atoms with Crippen molar-refractivity contribution in [2.75, 3.05) is 13.7 Å². The highest BCUT2D eigenvalue weighted by molar-refractivity contribution is 7.89. The smallest absolute Gasteiger partial charge is 0.240 e. The number of benzene rings is 2. The second-order valence-electron chi connectivity index (χ2n) is 6.53. The summed E-state index contributed by atoms with van der Waals surface area (Å²) < 4.78 is 38.9. The molecule has 1 atom stereocenters. The Morgan fingerprint density at radius 2 is 1.88 bits per heavy atom. The van der Waals surface area contributed by atoms with Crippen LogP contribution in [0.5, 0.6) is 11.5 Å². The van der Waals surface area contributed by atoms with Crippen LogP contribution in [0.3, 0.4) is 0 Å². The van der Waals surface area contributed by atoms with Crippen LogP contribution in [0.1, 0.15) is 30.9 Å². The number of nitrogens with one attached hydrogen (secondary N) is 1. The molecule has 0 fully saturated rings. The van der Waals surface area contributed by atoms with Gasteiger partial charge in [0, 0.05) is 0 Å². The summed E-state index contributed by atoms with van der Waals surface area (Å²) in [5.41, 5.74) is 2.05. The third-order valence-corrected chi connectivity index (χ3v) is 5.89. The third-order valence-electron chi connectivity index (χ3n) is 4.35. The maximum atomic E-state index is 12.6. The second kappa shape index (κ2) is 7.06. The van der Waals surface area contributed by atoms with E-state index in [2.05, 4.69) is 18.6 Å². The molecule has 1 aliphatic rings. The summed E-state index contributed by atoms with van der Waals surface area (Å²) in [6, 6.07) is 12.3. The molecule has 25 heavy (non-hydrogen) atoms. The fourth-order valence-electron chi connectivity index (χ4n) is 2.89. The number of fused-ring (bicyclic) bond motifs is 1. The van der Waals surface area contributed by atoms with Crippen LogP contribution < -0.4 is 14.2 Å². The van der Waals surface area contributed by atoms with Crippen molar-refractivity contribution < 1.29 is 17.9 Å². The van der Waals surface area contributed by atoms with E-state index in [-0.39, 0.29) is 10.9 Å². The van der Waals surface area contributed by atoms with Crippen molar-refractivity contribution in [2.24, 2.45) is 0 Å². The molecule has 0 amide bonds. The Bertz CT molecular complexity index is 844. The van der Waals surface area contributed by atoms with E-state index in [0.29, 0.717) is 18.9 Å². The Labute approximate surface area is 149 Å². The van der Waals surface area contributed by atoms with Crippen LogP contribution in [-0.2, 0) is 16.4 Å². The van der Waals surface area contributed by atoms with E-state index in [4.69, 9.17) is 9.47 Å². The Balaban J connectivity index is 1.75. The molecule has 0 saturated heterocycles. The van der Waals surface area contributed by atoms with E-state index in [1.54, 1.807) is 19.2 Å². The van der Waals surface area contributed by atoms with Crippen LogP contribution in [0, 0.1) is 0 Å². The van der Waals surface area contributed by atoms with Crippen LogP contribution in [0.25, 0.3) is 0 Å². The van der Waals surface area contributed by atoms with E-state index < -0.39 is 10.0 Å². The van der Waals surface area contributed by atoms with Crippen LogP contribution in [-0.4, -0.2) is 28.2 Å². The Morgan fingerprint density at radius 1 is 1.16 bits per heavy atom. The Kier molecular flexibility index (Phi) is 5.01. The molecule has 0 bridgehead atoms. The van der Waals surface area contributed by atoms with Crippen molar-refractivity contribution in [3.8, 4) is 11.5 Å². The van der Waals surface area contributed by atoms with Gasteiger partial charge in [-0.1, -0.05) is 26.0 Å². The lowest BCUT2D eigenvalue weighted by Gasteiger charge is -2.26. The highest BCUT2D eigenvalue weighted by Gasteiger charge is 2.25. The summed E-state index contributed by atoms with van der Waals surface area (Å²) in [6.07, 6.45) is 0.565. The zero-order chi connectivity index (χ0) is 18.0. The third kappa shape index (κ3) is 3.96. The minimum absolute atomic E-state index is 0.272. The van der Waals surface area contributed by atoms with E-state index in [0.717, 1.165) is 22.6 Å². The van der Waals surface area contributed by atoms with Gasteiger partial charge in [-0.05, 0) is 53.8 Å². The Hall–Kier alpha value is -2.05. The first-order valence-corrected chi connectivity index (χ1v) is 9.79. The van der Waals surface area contributed by atoms with Crippen molar-refractivity contribution in [3.63, 3.8) is 0 Å². The molecule has 0 aromatic heterocycles. The lowest BCUT2D eigenvalue weighted by atomic mass is 10.0. The topological polar surface area (TPSA) is 64.6 Å². The van der Waals surface area contributed by atoms with Gasteiger partial charge in [0.2, 0.25) is 10.0 Å². The Morgan fingerprint density at radius 3 is 2.52 bits per heavy atom. The van der Waals surface area contributed by atoms with Gasteiger partial charge >= 0.3 is 0 Å². The number of sulfonamides is 1. The molecule has 0 radical (unpaired) electrons. The molecule has 2 aromatic carbocycles. The molecule has 1 unspecified atom stereocenters. The zero-order valence-corrected chi connectivity index (χ0v) is 15.5. The van der Waals surface area contributed by atoms with Gasteiger partial charge < -0.3 is 9.47 Å². The largest absolute Gasteiger partial charge is 0.497 e. The average molecular weight is 361 g/mol. The minimum atomic E-state index is -3.58. The van der Waals surface area contributed by atoms with E-state index in [1.165, 1.54) is 0 Å². The molecule has 5 nitrogen and oxygen atoms in total. The summed E-state index contributed by atoms with van der Waals surface area (Å²) in [7, 11) is -1.98. The predicted molar refractivity (Wildman–Crippen MR) is 96.8 cm³/mol. The fraction of sp³-hybridized carbons (Fsp3) is 0.368. The lowest BCUT2D eigenvalue weighted by Crippen LogP contribution is -2.42. The number of ether oxygens (including phenoxy) is 2. The van der Waals surface area contributed by atoms with Gasteiger partial charge in [-0.3, -0.25) is 0 Å². The van der Waals surface area contributed by atoms with E-state index in [1.807, 2.05) is 30.3 Å². The highest BCUT2D eigenvalue weighted by atomic mass is 32.2. The molecule has 1 N–H and O–H groups in total. The van der Waals surface area contributed by atoms with Crippen LogP contribution in [0.15, 0.2) is 47.4 Å². The summed E-state index contributed by atoms with van der Waals surface area (Å²) in [5, 5.41) is 0. The number of rotatable bonds is 5. The summed E-state index contributed by atoms with van der Waals surface area (Å²) in [5.74, 6) is 1.87. The monoisotopic (exact) mass is 361 g/mol. The SMILES string of the molecule is COc1ccc2c(c1)CC(NS(=O)(=O)c1ccc(C(C)C)cc1)CO2. The van der Waals surface area contributed by atoms with E-state index >= 15 is 0 Å². The molecule has 0 aliphatic carbocycles. The predicted octanol–water partition coefficient (Wildman–Crippen LogP) is 3.10. The second-order valence-corrected chi connectivity index (χ2v) is 8.24.